The van der Waals surface area contributed by atoms with Gasteiger partial charge >= 0.3 is 11.7 Å². The molecule has 60 heavy (non-hydrogen) atoms. The summed E-state index contributed by atoms with van der Waals surface area (Å²) in [6.45, 7) is 10.2. The van der Waals surface area contributed by atoms with E-state index in [0.717, 1.165) is 72.6 Å². The van der Waals surface area contributed by atoms with Crippen molar-refractivity contribution in [3.63, 3.8) is 0 Å². The fourth-order valence-corrected chi connectivity index (χ4v) is 9.63. The molecule has 1 atom stereocenters. The van der Waals surface area contributed by atoms with Crippen LogP contribution in [0, 0.1) is 0 Å². The predicted octanol–water partition coefficient (Wildman–Crippen LogP) is 12.9. The zero-order chi connectivity index (χ0) is 48.4. The second-order valence-electron chi connectivity index (χ2n) is 17.1. The third kappa shape index (κ3) is 4.73. The van der Waals surface area contributed by atoms with Crippen molar-refractivity contribution in [2.75, 3.05) is 0 Å². The largest absolute Gasteiger partial charge is 0.499 e. The number of hydrogen-bond donors (Lipinski definition) is 0. The van der Waals surface area contributed by atoms with Crippen molar-refractivity contribution in [3.8, 4) is 78.6 Å². The van der Waals surface area contributed by atoms with Gasteiger partial charge in [0.15, 0.2) is 17.2 Å². The van der Waals surface area contributed by atoms with Crippen molar-refractivity contribution in [3.05, 3.63) is 193 Å². The topological polar surface area (TPSA) is 21.9 Å². The Labute approximate surface area is 363 Å². The number of rotatable bonds is 5. The molecule has 0 saturated carbocycles. The molecule has 9 aromatic rings. The molecule has 1 unspecified atom stereocenters. The summed E-state index contributed by atoms with van der Waals surface area (Å²) in [6.07, 6.45) is -0.362. The summed E-state index contributed by atoms with van der Waals surface area (Å²) < 4.78 is 96.7. The van der Waals surface area contributed by atoms with Crippen LogP contribution in [0.3, 0.4) is 0 Å². The van der Waals surface area contributed by atoms with Crippen LogP contribution in [0.5, 0.6) is 5.75 Å². The first-order valence-electron chi connectivity index (χ1n) is 24.9. The Kier molecular flexibility index (Phi) is 5.59. The Hall–Kier alpha value is -7.04. The lowest BCUT2D eigenvalue weighted by molar-refractivity contribution is -0.997. The summed E-state index contributed by atoms with van der Waals surface area (Å²) in [5.41, 5.74) is 11.0. The molecular weight excluding hydrogens is 731 g/mol. The van der Waals surface area contributed by atoms with E-state index in [9.17, 15) is 5.48 Å². The average Bonchev–Trinajstić information content (AvgIpc) is 3.84. The number of pyridine rings is 1. The van der Waals surface area contributed by atoms with Gasteiger partial charge in [0.05, 0.1) is 15.2 Å². The molecule has 3 aliphatic heterocycles. The second kappa shape index (κ2) is 12.5. The van der Waals surface area contributed by atoms with Gasteiger partial charge in [0.25, 0.3) is 0 Å². The molecule has 3 aliphatic rings. The van der Waals surface area contributed by atoms with Gasteiger partial charge in [-0.05, 0) is 98.8 Å². The summed E-state index contributed by atoms with van der Waals surface area (Å²) in [4.78, 5) is 0. The Morgan fingerprint density at radius 1 is 0.650 bits per heavy atom. The van der Waals surface area contributed by atoms with Crippen LogP contribution in [-0.2, 0) is 11.3 Å². The highest BCUT2D eigenvalue weighted by molar-refractivity contribution is 5.99. The molecule has 0 bridgehead atoms. The zero-order valence-electron chi connectivity index (χ0n) is 42.9. The molecule has 0 saturated heterocycles. The number of fused-ring (bicyclic) bond motifs is 5. The molecular formula is C56H45N3O+2. The van der Waals surface area contributed by atoms with E-state index in [-0.39, 0.29) is 29.0 Å². The molecule has 0 aliphatic carbocycles. The molecule has 0 radical (unpaired) electrons. The molecule has 12 rings (SSSR count). The number of benzene rings is 7. The van der Waals surface area contributed by atoms with Crippen molar-refractivity contribution in [1.29, 1.82) is 0 Å². The molecule has 0 amide bonds. The van der Waals surface area contributed by atoms with Crippen LogP contribution in [0.1, 0.15) is 69.5 Å². The van der Waals surface area contributed by atoms with Gasteiger partial charge < -0.3 is 4.74 Å². The van der Waals surface area contributed by atoms with Crippen LogP contribution >= 0.6 is 0 Å². The van der Waals surface area contributed by atoms with Gasteiger partial charge in [-0.3, -0.25) is 0 Å². The SMILES string of the molecule is [2H]c1c([2H])c([2H])c(-c2c([2H])c([2H])[n+]3c(c2[2H])-c2cc(C(C)(C)C)cc4c2C32Oc3ccccc3-c3n(-c5cc(-c6ccccc6)c(C([2H])(C)C)cc5-c5ccccc5)c5cccc-4c5[n+]32)c([2H])c1[2H]. The van der Waals surface area contributed by atoms with E-state index in [1.54, 1.807) is 4.57 Å². The van der Waals surface area contributed by atoms with Crippen LogP contribution in [-0.4, -0.2) is 4.57 Å². The molecule has 2 aromatic heterocycles. The predicted molar refractivity (Wildman–Crippen MR) is 242 cm³/mol. The Morgan fingerprint density at radius 2 is 1.33 bits per heavy atom. The molecule has 0 fully saturated rings. The van der Waals surface area contributed by atoms with Crippen LogP contribution < -0.4 is 13.9 Å². The second-order valence-corrected chi connectivity index (χ2v) is 17.1. The number of imidazole rings is 1. The number of hydrogen-bond acceptors (Lipinski definition) is 1. The number of nitrogens with zero attached hydrogens (tertiary/aromatic N) is 3. The van der Waals surface area contributed by atoms with Gasteiger partial charge in [-0.25, -0.2) is 0 Å². The minimum atomic E-state index is -1.74. The fraction of sp³-hybridized carbons (Fsp3) is 0.143. The first kappa shape index (κ1) is 26.9. The van der Waals surface area contributed by atoms with Crippen molar-refractivity contribution in [2.45, 2.75) is 51.8 Å². The average molecular weight is 785 g/mol. The number of ether oxygens (including phenoxy) is 1. The fourth-order valence-electron chi connectivity index (χ4n) is 9.63. The molecule has 4 heteroatoms. The van der Waals surface area contributed by atoms with Gasteiger partial charge in [-0.1, -0.05) is 144 Å². The first-order chi connectivity index (χ1) is 32.9. The summed E-state index contributed by atoms with van der Waals surface area (Å²) in [7, 11) is 0. The van der Waals surface area contributed by atoms with Gasteiger partial charge in [0, 0.05) is 30.1 Å². The zero-order valence-corrected chi connectivity index (χ0v) is 33.9. The highest BCUT2D eigenvalue weighted by Crippen LogP contribution is 2.54. The van der Waals surface area contributed by atoms with Crippen LogP contribution in [0.25, 0.3) is 83.9 Å². The molecule has 288 valence electrons. The Bertz CT molecular complexity index is 3730. The monoisotopic (exact) mass is 784 g/mol. The minimum absolute atomic E-state index is 0.227. The van der Waals surface area contributed by atoms with E-state index in [4.69, 9.17) is 11.6 Å². The third-order valence-electron chi connectivity index (χ3n) is 12.4. The van der Waals surface area contributed by atoms with Gasteiger partial charge in [0.1, 0.15) is 23.9 Å². The lowest BCUT2D eigenvalue weighted by atomic mass is 9.80. The molecule has 1 spiro atoms. The summed E-state index contributed by atoms with van der Waals surface area (Å²) in [5.74, 6) is -1.51. The van der Waals surface area contributed by atoms with E-state index < -0.39 is 53.4 Å². The molecule has 4 nitrogen and oxygen atoms in total. The van der Waals surface area contributed by atoms with Crippen molar-refractivity contribution in [2.24, 2.45) is 0 Å². The van der Waals surface area contributed by atoms with E-state index >= 15 is 0 Å². The number of aromatic nitrogens is 3. The van der Waals surface area contributed by atoms with Gasteiger partial charge in [-0.2, -0.15) is 4.57 Å². The standard InChI is InChI=1S/C56H45N3O/c1-35(2)43-33-45(38-22-13-8-14-23-38)50(34-44(43)37-20-11-7-12-21-37)58-48-26-17-25-41-46-31-40(55(3,4)5)32-47-49-30-39(36-18-9-6-10-19-36)28-29-57(49)56(52(46)47)59(53(41)48)54(58)42-24-15-16-27-51(42)60-56/h6-35H,1-5H3/q+2/i6D,9D,10D,18D,19D,28D,29D,30D,35D. The number of para-hydroxylation sites is 2. The molecule has 5 heterocycles. The molecule has 7 aromatic carbocycles. The molecule has 0 N–H and O–H groups in total. The maximum absolute atomic E-state index is 10.2. The lowest BCUT2D eigenvalue weighted by Gasteiger charge is -2.33. The maximum Gasteiger partial charge on any atom is 0.499 e. The summed E-state index contributed by atoms with van der Waals surface area (Å²) >= 11 is 0. The third-order valence-corrected chi connectivity index (χ3v) is 12.4. The van der Waals surface area contributed by atoms with Gasteiger partial charge in [0.2, 0.25) is 5.69 Å². The van der Waals surface area contributed by atoms with E-state index in [1.807, 2.05) is 80.6 Å². The van der Waals surface area contributed by atoms with E-state index in [2.05, 4.69) is 90.6 Å². The van der Waals surface area contributed by atoms with Crippen LogP contribution in [0.2, 0.25) is 0 Å². The van der Waals surface area contributed by atoms with Crippen molar-refractivity contribution in [1.82, 2.24) is 4.57 Å². The normalized spacial score (nSPS) is 17.7. The Morgan fingerprint density at radius 3 is 2.07 bits per heavy atom. The lowest BCUT2D eigenvalue weighted by Crippen LogP contribution is -2.78. The minimum Gasteiger partial charge on any atom is -0.392 e. The van der Waals surface area contributed by atoms with E-state index in [0.29, 0.717) is 16.9 Å². The van der Waals surface area contributed by atoms with Crippen LogP contribution in [0.4, 0.5) is 0 Å². The van der Waals surface area contributed by atoms with Crippen molar-refractivity contribution < 1.29 is 26.2 Å². The Balaban J connectivity index is 1.30. The van der Waals surface area contributed by atoms with Gasteiger partial charge in [-0.15, -0.1) is 9.13 Å². The van der Waals surface area contributed by atoms with E-state index in [1.165, 1.54) is 0 Å². The highest BCUT2D eigenvalue weighted by Gasteiger charge is 2.68. The first-order valence-corrected chi connectivity index (χ1v) is 20.4. The summed E-state index contributed by atoms with van der Waals surface area (Å²) in [6, 6.07) is 39.3. The van der Waals surface area contributed by atoms with Crippen molar-refractivity contribution >= 4 is 11.0 Å². The maximum atomic E-state index is 10.2. The quantitative estimate of drug-likeness (QED) is 0.159. The smallest absolute Gasteiger partial charge is 0.392 e. The highest BCUT2D eigenvalue weighted by atomic mass is 16.5. The summed E-state index contributed by atoms with van der Waals surface area (Å²) in [5, 5.41) is 0. The van der Waals surface area contributed by atoms with Crippen LogP contribution in [0.15, 0.2) is 176 Å².